The molecule has 0 aliphatic carbocycles. The van der Waals surface area contributed by atoms with Gasteiger partial charge in [-0.3, -0.25) is 0 Å². The third-order valence-electron chi connectivity index (χ3n) is 2.75. The van der Waals surface area contributed by atoms with Crippen LogP contribution in [-0.4, -0.2) is 15.0 Å². The number of anilines is 1. The van der Waals surface area contributed by atoms with Gasteiger partial charge in [-0.25, -0.2) is 15.0 Å². The molecule has 0 atom stereocenters. The van der Waals surface area contributed by atoms with Crippen LogP contribution in [-0.2, 0) is 19.4 Å². The molecule has 0 bridgehead atoms. The molecule has 19 heavy (non-hydrogen) atoms. The Kier molecular flexibility index (Phi) is 5.10. The monoisotopic (exact) mass is 296 g/mol. The van der Waals surface area contributed by atoms with Gasteiger partial charge in [0.1, 0.15) is 22.3 Å². The van der Waals surface area contributed by atoms with Crippen molar-refractivity contribution in [3.63, 3.8) is 0 Å². The lowest BCUT2D eigenvalue weighted by molar-refractivity contribution is 0.896. The molecular formula is C13H17ClN4S. The van der Waals surface area contributed by atoms with E-state index < -0.39 is 0 Å². The van der Waals surface area contributed by atoms with Gasteiger partial charge in [-0.15, -0.1) is 11.3 Å². The van der Waals surface area contributed by atoms with Gasteiger partial charge in [-0.2, -0.15) is 0 Å². The molecule has 0 amide bonds. The minimum atomic E-state index is 0.535. The van der Waals surface area contributed by atoms with Gasteiger partial charge in [0.15, 0.2) is 0 Å². The number of aryl methyl sites for hydroxylation is 1. The molecule has 2 heterocycles. The summed E-state index contributed by atoms with van der Waals surface area (Å²) in [5, 5.41) is 4.90. The Labute approximate surface area is 122 Å². The highest BCUT2D eigenvalue weighted by atomic mass is 35.5. The molecule has 0 unspecified atom stereocenters. The van der Waals surface area contributed by atoms with E-state index in [1.807, 2.05) is 6.20 Å². The van der Waals surface area contributed by atoms with Crippen LogP contribution in [0.2, 0.25) is 5.15 Å². The van der Waals surface area contributed by atoms with Crippen LogP contribution in [0.4, 0.5) is 5.82 Å². The highest BCUT2D eigenvalue weighted by Crippen LogP contribution is 2.22. The Morgan fingerprint density at radius 1 is 1.26 bits per heavy atom. The maximum atomic E-state index is 6.11. The molecule has 2 aromatic heterocycles. The van der Waals surface area contributed by atoms with Crippen LogP contribution in [0.1, 0.15) is 35.7 Å². The van der Waals surface area contributed by atoms with E-state index in [1.54, 1.807) is 11.3 Å². The predicted octanol–water partition coefficient (Wildman–Crippen LogP) is 3.71. The Morgan fingerprint density at radius 2 is 2.11 bits per heavy atom. The first-order valence-electron chi connectivity index (χ1n) is 6.41. The average molecular weight is 297 g/mol. The van der Waals surface area contributed by atoms with Gasteiger partial charge in [0.25, 0.3) is 0 Å². The van der Waals surface area contributed by atoms with Crippen molar-refractivity contribution in [1.82, 2.24) is 15.0 Å². The van der Waals surface area contributed by atoms with Crippen molar-refractivity contribution in [2.75, 3.05) is 5.32 Å². The lowest BCUT2D eigenvalue weighted by atomic mass is 10.2. The Bertz CT molecular complexity index is 541. The van der Waals surface area contributed by atoms with Crippen molar-refractivity contribution >= 4 is 28.8 Å². The fraction of sp³-hybridized carbons (Fsp3) is 0.462. The first-order chi connectivity index (χ1) is 9.24. The summed E-state index contributed by atoms with van der Waals surface area (Å²) in [4.78, 5) is 14.0. The SMILES string of the molecule is CCCc1c(Cl)ncnc1NCc1ncc(CC)s1. The number of aromatic nitrogens is 3. The number of hydrogen-bond acceptors (Lipinski definition) is 5. The molecule has 0 aromatic carbocycles. The van der Waals surface area contributed by atoms with Crippen molar-refractivity contribution < 1.29 is 0 Å². The average Bonchev–Trinajstić information content (AvgIpc) is 2.87. The molecule has 0 saturated heterocycles. The van der Waals surface area contributed by atoms with E-state index in [0.29, 0.717) is 11.7 Å². The molecule has 0 saturated carbocycles. The van der Waals surface area contributed by atoms with Crippen LogP contribution < -0.4 is 5.32 Å². The molecule has 2 aromatic rings. The van der Waals surface area contributed by atoms with E-state index in [1.165, 1.54) is 11.2 Å². The highest BCUT2D eigenvalue weighted by Gasteiger charge is 2.09. The number of nitrogens with zero attached hydrogens (tertiary/aromatic N) is 3. The molecule has 0 fully saturated rings. The zero-order valence-electron chi connectivity index (χ0n) is 11.1. The smallest absolute Gasteiger partial charge is 0.137 e. The van der Waals surface area contributed by atoms with Gasteiger partial charge >= 0.3 is 0 Å². The number of nitrogens with one attached hydrogen (secondary N) is 1. The molecule has 0 aliphatic rings. The second-order valence-electron chi connectivity index (χ2n) is 4.17. The summed E-state index contributed by atoms with van der Waals surface area (Å²) in [6, 6.07) is 0. The van der Waals surface area contributed by atoms with Crippen molar-refractivity contribution in [2.45, 2.75) is 39.7 Å². The summed E-state index contributed by atoms with van der Waals surface area (Å²) < 4.78 is 0. The zero-order chi connectivity index (χ0) is 13.7. The fourth-order valence-electron chi connectivity index (χ4n) is 1.77. The summed E-state index contributed by atoms with van der Waals surface area (Å²) in [5.74, 6) is 0.815. The minimum Gasteiger partial charge on any atom is -0.363 e. The third kappa shape index (κ3) is 3.64. The van der Waals surface area contributed by atoms with E-state index in [2.05, 4.69) is 34.1 Å². The summed E-state index contributed by atoms with van der Waals surface area (Å²) in [7, 11) is 0. The number of hydrogen-bond donors (Lipinski definition) is 1. The van der Waals surface area contributed by atoms with Crippen molar-refractivity contribution in [2.24, 2.45) is 0 Å². The van der Waals surface area contributed by atoms with E-state index in [4.69, 9.17) is 11.6 Å². The zero-order valence-corrected chi connectivity index (χ0v) is 12.7. The lowest BCUT2D eigenvalue weighted by Gasteiger charge is -2.09. The second kappa shape index (κ2) is 6.82. The number of rotatable bonds is 6. The quantitative estimate of drug-likeness (QED) is 0.826. The standard InChI is InChI=1S/C13H17ClN4S/c1-3-5-10-12(14)17-8-18-13(10)16-7-11-15-6-9(4-2)19-11/h6,8H,3-5,7H2,1-2H3,(H,16,17,18). The molecule has 0 aliphatic heterocycles. The van der Waals surface area contributed by atoms with Crippen LogP contribution >= 0.6 is 22.9 Å². The Hall–Kier alpha value is -1.20. The van der Waals surface area contributed by atoms with Gasteiger partial charge in [-0.05, 0) is 12.8 Å². The van der Waals surface area contributed by atoms with Crippen LogP contribution in [0.5, 0.6) is 0 Å². The van der Waals surface area contributed by atoms with Crippen LogP contribution in [0.25, 0.3) is 0 Å². The normalized spacial score (nSPS) is 10.7. The van der Waals surface area contributed by atoms with Crippen LogP contribution in [0.3, 0.4) is 0 Å². The lowest BCUT2D eigenvalue weighted by Crippen LogP contribution is -2.05. The van der Waals surface area contributed by atoms with Gasteiger partial charge in [-0.1, -0.05) is 31.9 Å². The Balaban J connectivity index is 2.08. The minimum absolute atomic E-state index is 0.535. The summed E-state index contributed by atoms with van der Waals surface area (Å²) in [5.41, 5.74) is 0.985. The van der Waals surface area contributed by atoms with Gasteiger partial charge in [0.2, 0.25) is 0 Å². The molecule has 0 spiro atoms. The second-order valence-corrected chi connectivity index (χ2v) is 5.73. The van der Waals surface area contributed by atoms with Gasteiger partial charge in [0, 0.05) is 16.6 Å². The van der Waals surface area contributed by atoms with Crippen molar-refractivity contribution in [3.05, 3.63) is 33.1 Å². The van der Waals surface area contributed by atoms with E-state index in [9.17, 15) is 0 Å². The molecule has 4 nitrogen and oxygen atoms in total. The van der Waals surface area contributed by atoms with Crippen molar-refractivity contribution in [1.29, 1.82) is 0 Å². The molecule has 102 valence electrons. The number of thiazole rings is 1. The Morgan fingerprint density at radius 3 is 2.79 bits per heavy atom. The molecular weight excluding hydrogens is 280 g/mol. The van der Waals surface area contributed by atoms with Crippen LogP contribution in [0.15, 0.2) is 12.5 Å². The predicted molar refractivity (Wildman–Crippen MR) is 79.9 cm³/mol. The van der Waals surface area contributed by atoms with E-state index in [-0.39, 0.29) is 0 Å². The highest BCUT2D eigenvalue weighted by molar-refractivity contribution is 7.11. The van der Waals surface area contributed by atoms with Crippen LogP contribution in [0, 0.1) is 0 Å². The first kappa shape index (κ1) is 14.2. The van der Waals surface area contributed by atoms with Crippen molar-refractivity contribution in [3.8, 4) is 0 Å². The summed E-state index contributed by atoms with van der Waals surface area (Å²) in [6.45, 7) is 4.92. The molecule has 0 radical (unpaired) electrons. The molecule has 6 heteroatoms. The van der Waals surface area contributed by atoms with E-state index >= 15 is 0 Å². The number of halogens is 1. The summed E-state index contributed by atoms with van der Waals surface area (Å²) >= 11 is 7.84. The fourth-order valence-corrected chi connectivity index (χ4v) is 2.80. The maximum Gasteiger partial charge on any atom is 0.137 e. The molecule has 1 N–H and O–H groups in total. The maximum absolute atomic E-state index is 6.11. The first-order valence-corrected chi connectivity index (χ1v) is 7.60. The van der Waals surface area contributed by atoms with E-state index in [0.717, 1.165) is 35.7 Å². The topological polar surface area (TPSA) is 50.7 Å². The molecule has 2 rings (SSSR count). The summed E-state index contributed by atoms with van der Waals surface area (Å²) in [6.07, 6.45) is 6.34. The van der Waals surface area contributed by atoms with Gasteiger partial charge < -0.3 is 5.32 Å². The third-order valence-corrected chi connectivity index (χ3v) is 4.22. The largest absolute Gasteiger partial charge is 0.363 e. The van der Waals surface area contributed by atoms with Gasteiger partial charge in [0.05, 0.1) is 6.54 Å².